The zero-order valence-corrected chi connectivity index (χ0v) is 11.4. The third-order valence-corrected chi connectivity index (χ3v) is 3.20. The topological polar surface area (TPSA) is 96.3 Å². The average molecular weight is 279 g/mol. The first-order chi connectivity index (χ1) is 9.52. The predicted molar refractivity (Wildman–Crippen MR) is 69.5 cm³/mol. The van der Waals surface area contributed by atoms with Crippen LogP contribution in [0.25, 0.3) is 0 Å². The van der Waals surface area contributed by atoms with Crippen molar-refractivity contribution in [2.45, 2.75) is 19.4 Å². The van der Waals surface area contributed by atoms with Crippen LogP contribution in [-0.2, 0) is 16.6 Å². The van der Waals surface area contributed by atoms with Crippen molar-refractivity contribution in [3.05, 3.63) is 18.0 Å². The molecule has 2 rings (SSSR count). The van der Waals surface area contributed by atoms with Crippen molar-refractivity contribution < 1.29 is 14.4 Å². The number of aryl methyl sites for hydroxylation is 1. The van der Waals surface area contributed by atoms with E-state index in [1.165, 1.54) is 0 Å². The van der Waals surface area contributed by atoms with Gasteiger partial charge < -0.3 is 10.6 Å². The number of rotatable bonds is 5. The van der Waals surface area contributed by atoms with Gasteiger partial charge in [0, 0.05) is 13.2 Å². The Kier molecular flexibility index (Phi) is 4.02. The molecule has 8 heteroatoms. The van der Waals surface area contributed by atoms with E-state index >= 15 is 0 Å². The Hall–Kier alpha value is -2.38. The number of hydrogen-bond acceptors (Lipinski definition) is 4. The number of hydrogen-bond donors (Lipinski definition) is 2. The first kappa shape index (κ1) is 14.0. The summed E-state index contributed by atoms with van der Waals surface area (Å²) in [6, 6.07) is 1.09. The molecule has 0 aliphatic carbocycles. The monoisotopic (exact) mass is 279 g/mol. The van der Waals surface area contributed by atoms with E-state index in [1.807, 2.05) is 13.0 Å². The number of amides is 4. The molecule has 20 heavy (non-hydrogen) atoms. The van der Waals surface area contributed by atoms with E-state index in [2.05, 4.69) is 15.7 Å². The molecule has 2 heterocycles. The van der Waals surface area contributed by atoms with Gasteiger partial charge in [-0.2, -0.15) is 5.10 Å². The predicted octanol–water partition coefficient (Wildman–Crippen LogP) is -0.461. The summed E-state index contributed by atoms with van der Waals surface area (Å²) in [7, 11) is 1.79. The smallest absolute Gasteiger partial charge is 0.325 e. The molecule has 2 N–H and O–H groups in total. The molecule has 1 fully saturated rings. The van der Waals surface area contributed by atoms with E-state index in [0.29, 0.717) is 6.42 Å². The fourth-order valence-corrected chi connectivity index (χ4v) is 2.11. The minimum absolute atomic E-state index is 0.0505. The molecule has 0 radical (unpaired) electrons. The highest BCUT2D eigenvalue weighted by Gasteiger charge is 2.30. The number of carbonyl (C=O) groups excluding carboxylic acids is 3. The van der Waals surface area contributed by atoms with E-state index in [9.17, 15) is 14.4 Å². The highest BCUT2D eigenvalue weighted by molar-refractivity contribution is 6.04. The Bertz CT molecular complexity index is 523. The molecule has 0 aromatic carbocycles. The van der Waals surface area contributed by atoms with Gasteiger partial charge in [0.1, 0.15) is 6.54 Å². The lowest BCUT2D eigenvalue weighted by atomic mass is 10.1. The molecule has 1 aliphatic heterocycles. The molecular formula is C12H17N5O3. The van der Waals surface area contributed by atoms with Gasteiger partial charge in [0.15, 0.2) is 0 Å². The van der Waals surface area contributed by atoms with Crippen LogP contribution in [0.4, 0.5) is 4.79 Å². The molecular weight excluding hydrogens is 262 g/mol. The van der Waals surface area contributed by atoms with Crippen molar-refractivity contribution in [1.82, 2.24) is 25.3 Å². The second-order valence-corrected chi connectivity index (χ2v) is 4.55. The molecule has 1 aliphatic rings. The Balaban J connectivity index is 1.98. The standard InChI is InChI=1S/C12H17N5O3/c1-3-8(9-4-5-14-16(9)2)15-10(18)7-17-11(19)6-13-12(17)20/h4-5,8H,3,6-7H2,1-2H3,(H,13,20)(H,15,18)/t8-/m1/s1. The number of urea groups is 1. The fourth-order valence-electron chi connectivity index (χ4n) is 2.11. The van der Waals surface area contributed by atoms with Crippen LogP contribution >= 0.6 is 0 Å². The van der Waals surface area contributed by atoms with Gasteiger partial charge in [-0.1, -0.05) is 6.92 Å². The number of nitrogens with one attached hydrogen (secondary N) is 2. The lowest BCUT2D eigenvalue weighted by molar-refractivity contribution is -0.131. The highest BCUT2D eigenvalue weighted by Crippen LogP contribution is 2.15. The average Bonchev–Trinajstić information content (AvgIpc) is 2.97. The van der Waals surface area contributed by atoms with E-state index in [-0.39, 0.29) is 25.0 Å². The van der Waals surface area contributed by atoms with Crippen LogP contribution in [0.2, 0.25) is 0 Å². The normalized spacial score (nSPS) is 16.2. The van der Waals surface area contributed by atoms with Crippen LogP contribution < -0.4 is 10.6 Å². The summed E-state index contributed by atoms with van der Waals surface area (Å²) in [5.74, 6) is -0.762. The molecule has 1 atom stereocenters. The van der Waals surface area contributed by atoms with E-state index < -0.39 is 11.9 Å². The molecule has 1 aromatic rings. The van der Waals surface area contributed by atoms with E-state index in [4.69, 9.17) is 0 Å². The third kappa shape index (κ3) is 2.79. The zero-order valence-electron chi connectivity index (χ0n) is 11.4. The first-order valence-corrected chi connectivity index (χ1v) is 6.38. The molecule has 0 unspecified atom stereocenters. The van der Waals surface area contributed by atoms with Crippen molar-refractivity contribution >= 4 is 17.8 Å². The van der Waals surface area contributed by atoms with Gasteiger partial charge in [0.2, 0.25) is 5.91 Å². The number of carbonyl (C=O) groups is 3. The fraction of sp³-hybridized carbons (Fsp3) is 0.500. The number of aromatic nitrogens is 2. The minimum Gasteiger partial charge on any atom is -0.346 e. The van der Waals surface area contributed by atoms with Crippen molar-refractivity contribution in [2.75, 3.05) is 13.1 Å². The summed E-state index contributed by atoms with van der Waals surface area (Å²) < 4.78 is 1.68. The summed E-state index contributed by atoms with van der Waals surface area (Å²) >= 11 is 0. The van der Waals surface area contributed by atoms with E-state index in [1.54, 1.807) is 17.9 Å². The lowest BCUT2D eigenvalue weighted by Gasteiger charge is -2.19. The molecule has 0 bridgehead atoms. The second-order valence-electron chi connectivity index (χ2n) is 4.55. The van der Waals surface area contributed by atoms with Crippen molar-refractivity contribution in [1.29, 1.82) is 0 Å². The van der Waals surface area contributed by atoms with Crippen LogP contribution in [0.3, 0.4) is 0 Å². The van der Waals surface area contributed by atoms with Gasteiger partial charge in [0.25, 0.3) is 5.91 Å². The highest BCUT2D eigenvalue weighted by atomic mass is 16.2. The maximum atomic E-state index is 12.0. The van der Waals surface area contributed by atoms with Gasteiger partial charge >= 0.3 is 6.03 Å². The first-order valence-electron chi connectivity index (χ1n) is 6.38. The molecule has 4 amide bonds. The Morgan fingerprint density at radius 3 is 2.80 bits per heavy atom. The summed E-state index contributed by atoms with van der Waals surface area (Å²) in [5, 5.41) is 9.23. The van der Waals surface area contributed by atoms with Crippen molar-refractivity contribution in [2.24, 2.45) is 7.05 Å². The van der Waals surface area contributed by atoms with Crippen LogP contribution in [-0.4, -0.2) is 45.6 Å². The Labute approximate surface area is 116 Å². The zero-order chi connectivity index (χ0) is 14.7. The number of nitrogens with zero attached hydrogens (tertiary/aromatic N) is 3. The summed E-state index contributed by atoms with van der Waals surface area (Å²) in [6.07, 6.45) is 2.34. The molecule has 0 spiro atoms. The SMILES string of the molecule is CC[C@@H](NC(=O)CN1C(=O)CNC1=O)c1ccnn1C. The lowest BCUT2D eigenvalue weighted by Crippen LogP contribution is -2.42. The largest absolute Gasteiger partial charge is 0.346 e. The third-order valence-electron chi connectivity index (χ3n) is 3.20. The quantitative estimate of drug-likeness (QED) is 0.713. The Morgan fingerprint density at radius 1 is 1.55 bits per heavy atom. The minimum atomic E-state index is -0.529. The van der Waals surface area contributed by atoms with Gasteiger partial charge in [-0.3, -0.25) is 19.2 Å². The molecule has 108 valence electrons. The van der Waals surface area contributed by atoms with Gasteiger partial charge in [-0.05, 0) is 12.5 Å². The van der Waals surface area contributed by atoms with E-state index in [0.717, 1.165) is 10.6 Å². The molecule has 0 saturated carbocycles. The van der Waals surface area contributed by atoms with Crippen LogP contribution in [0.1, 0.15) is 25.1 Å². The van der Waals surface area contributed by atoms with Crippen LogP contribution in [0, 0.1) is 0 Å². The van der Waals surface area contributed by atoms with Crippen LogP contribution in [0.15, 0.2) is 12.3 Å². The van der Waals surface area contributed by atoms with Gasteiger partial charge in [0.05, 0.1) is 18.3 Å². The summed E-state index contributed by atoms with van der Waals surface area (Å²) in [6.45, 7) is 1.62. The molecule has 8 nitrogen and oxygen atoms in total. The van der Waals surface area contributed by atoms with Gasteiger partial charge in [-0.15, -0.1) is 0 Å². The number of imide groups is 1. The summed E-state index contributed by atoms with van der Waals surface area (Å²) in [4.78, 5) is 35.6. The summed E-state index contributed by atoms with van der Waals surface area (Å²) in [5.41, 5.74) is 0.873. The van der Waals surface area contributed by atoms with Crippen molar-refractivity contribution in [3.63, 3.8) is 0 Å². The molecule has 1 aromatic heterocycles. The van der Waals surface area contributed by atoms with Gasteiger partial charge in [-0.25, -0.2) is 4.79 Å². The maximum Gasteiger partial charge on any atom is 0.325 e. The maximum absolute atomic E-state index is 12.0. The molecule has 1 saturated heterocycles. The second kappa shape index (κ2) is 5.72. The Morgan fingerprint density at radius 2 is 2.30 bits per heavy atom. The van der Waals surface area contributed by atoms with Crippen molar-refractivity contribution in [3.8, 4) is 0 Å². The van der Waals surface area contributed by atoms with Crippen LogP contribution in [0.5, 0.6) is 0 Å².